The van der Waals surface area contributed by atoms with Crippen molar-refractivity contribution in [1.29, 1.82) is 0 Å². The number of nitrogens with two attached hydrogens (primary N) is 1. The van der Waals surface area contributed by atoms with Crippen LogP contribution in [-0.2, 0) is 0 Å². The van der Waals surface area contributed by atoms with Crippen molar-refractivity contribution in [2.45, 2.75) is 6.92 Å². The van der Waals surface area contributed by atoms with Gasteiger partial charge in [-0.15, -0.1) is 0 Å². The van der Waals surface area contributed by atoms with E-state index in [-0.39, 0.29) is 5.95 Å². The van der Waals surface area contributed by atoms with E-state index >= 15 is 0 Å². The molecule has 0 saturated carbocycles. The molecule has 2 aromatic rings. The van der Waals surface area contributed by atoms with Gasteiger partial charge in [0.1, 0.15) is 3.70 Å². The number of nitrogen functional groups attached to an aromatic ring is 1. The molecule has 2 aromatic heterocycles. The van der Waals surface area contributed by atoms with Gasteiger partial charge in [0.25, 0.3) is 0 Å². The van der Waals surface area contributed by atoms with Crippen molar-refractivity contribution in [3.63, 3.8) is 0 Å². The standard InChI is InChI=1S/C6H6IN5/c1-2-3-4(7)11-12-5(3)10-6(8)9-2/h1H3,(H3,8,9,10,11,12). The van der Waals surface area contributed by atoms with E-state index in [1.165, 1.54) is 0 Å². The molecule has 0 fully saturated rings. The number of anilines is 1. The molecule has 12 heavy (non-hydrogen) atoms. The highest BCUT2D eigenvalue weighted by atomic mass is 127. The van der Waals surface area contributed by atoms with E-state index in [4.69, 9.17) is 5.73 Å². The lowest BCUT2D eigenvalue weighted by atomic mass is 10.3. The molecule has 0 aliphatic heterocycles. The van der Waals surface area contributed by atoms with Gasteiger partial charge in [-0.2, -0.15) is 10.1 Å². The molecule has 0 radical (unpaired) electrons. The Labute approximate surface area is 81.9 Å². The van der Waals surface area contributed by atoms with Crippen molar-refractivity contribution in [3.8, 4) is 0 Å². The molecule has 0 aromatic carbocycles. The summed E-state index contributed by atoms with van der Waals surface area (Å²) in [6.45, 7) is 1.89. The highest BCUT2D eigenvalue weighted by Crippen LogP contribution is 2.18. The van der Waals surface area contributed by atoms with Crippen molar-refractivity contribution in [1.82, 2.24) is 20.2 Å². The summed E-state index contributed by atoms with van der Waals surface area (Å²) in [4.78, 5) is 8.04. The third-order valence-electron chi connectivity index (χ3n) is 1.57. The second kappa shape index (κ2) is 2.54. The maximum Gasteiger partial charge on any atom is 0.222 e. The quantitative estimate of drug-likeness (QED) is 0.698. The maximum absolute atomic E-state index is 5.46. The first-order valence-electron chi connectivity index (χ1n) is 3.32. The minimum Gasteiger partial charge on any atom is -0.368 e. The first-order valence-corrected chi connectivity index (χ1v) is 4.40. The third-order valence-corrected chi connectivity index (χ3v) is 2.35. The molecule has 0 saturated heterocycles. The topological polar surface area (TPSA) is 80.5 Å². The summed E-state index contributed by atoms with van der Waals surface area (Å²) >= 11 is 2.13. The lowest BCUT2D eigenvalue weighted by molar-refractivity contribution is 1.07. The molecule has 2 heterocycles. The van der Waals surface area contributed by atoms with Gasteiger partial charge in [-0.3, -0.25) is 5.10 Å². The number of nitrogens with zero attached hydrogens (tertiary/aromatic N) is 3. The van der Waals surface area contributed by atoms with E-state index in [0.717, 1.165) is 14.8 Å². The predicted octanol–water partition coefficient (Wildman–Crippen LogP) is 0.848. The smallest absolute Gasteiger partial charge is 0.222 e. The van der Waals surface area contributed by atoms with Gasteiger partial charge in [-0.05, 0) is 29.5 Å². The Hall–Kier alpha value is -0.920. The fourth-order valence-corrected chi connectivity index (χ4v) is 1.85. The van der Waals surface area contributed by atoms with Crippen molar-refractivity contribution in [2.75, 3.05) is 5.73 Å². The summed E-state index contributed by atoms with van der Waals surface area (Å²) in [5.74, 6) is 0.278. The van der Waals surface area contributed by atoms with Crippen LogP contribution in [0.3, 0.4) is 0 Å². The van der Waals surface area contributed by atoms with Gasteiger partial charge in [0.05, 0.1) is 11.1 Å². The van der Waals surface area contributed by atoms with Crippen LogP contribution in [0.2, 0.25) is 0 Å². The third kappa shape index (κ3) is 1.02. The molecule has 62 valence electrons. The molecular formula is C6H6IN5. The van der Waals surface area contributed by atoms with Crippen LogP contribution in [-0.4, -0.2) is 20.2 Å². The zero-order chi connectivity index (χ0) is 8.72. The molecule has 0 aliphatic rings. The first-order chi connectivity index (χ1) is 5.68. The number of hydrogen-bond acceptors (Lipinski definition) is 4. The number of aromatic amines is 1. The van der Waals surface area contributed by atoms with Gasteiger partial charge >= 0.3 is 0 Å². The fourth-order valence-electron chi connectivity index (χ4n) is 1.08. The Morgan fingerprint density at radius 2 is 2.17 bits per heavy atom. The monoisotopic (exact) mass is 275 g/mol. The zero-order valence-electron chi connectivity index (χ0n) is 6.30. The van der Waals surface area contributed by atoms with Crippen LogP contribution in [0.1, 0.15) is 5.69 Å². The Morgan fingerprint density at radius 3 is 2.92 bits per heavy atom. The van der Waals surface area contributed by atoms with Crippen LogP contribution in [0.15, 0.2) is 0 Å². The summed E-state index contributed by atoms with van der Waals surface area (Å²) in [7, 11) is 0. The lowest BCUT2D eigenvalue weighted by Gasteiger charge is -1.95. The van der Waals surface area contributed by atoms with Gasteiger partial charge in [-0.25, -0.2) is 4.98 Å². The van der Waals surface area contributed by atoms with Crippen molar-refractivity contribution < 1.29 is 0 Å². The number of nitrogens with one attached hydrogen (secondary N) is 1. The molecule has 0 amide bonds. The summed E-state index contributed by atoms with van der Waals surface area (Å²) < 4.78 is 0.875. The fraction of sp³-hybridized carbons (Fsp3) is 0.167. The van der Waals surface area contributed by atoms with Crippen molar-refractivity contribution >= 4 is 39.6 Å². The Kier molecular flexibility index (Phi) is 1.63. The second-order valence-corrected chi connectivity index (χ2v) is 3.43. The second-order valence-electron chi connectivity index (χ2n) is 2.41. The number of halogens is 1. The molecular weight excluding hydrogens is 269 g/mol. The summed E-state index contributed by atoms with van der Waals surface area (Å²) in [6.07, 6.45) is 0. The average Bonchev–Trinajstić information content (AvgIpc) is 2.31. The van der Waals surface area contributed by atoms with Crippen LogP contribution >= 0.6 is 22.6 Å². The highest BCUT2D eigenvalue weighted by molar-refractivity contribution is 14.1. The van der Waals surface area contributed by atoms with Gasteiger partial charge in [0.2, 0.25) is 5.95 Å². The normalized spacial score (nSPS) is 10.8. The van der Waals surface area contributed by atoms with E-state index in [2.05, 4.69) is 42.8 Å². The number of hydrogen-bond donors (Lipinski definition) is 2. The SMILES string of the molecule is Cc1nc(N)nc2[nH]nc(I)c12. The summed E-state index contributed by atoms with van der Waals surface area (Å²) in [5, 5.41) is 7.73. The number of fused-ring (bicyclic) bond motifs is 1. The zero-order valence-corrected chi connectivity index (χ0v) is 8.45. The van der Waals surface area contributed by atoms with E-state index in [0.29, 0.717) is 5.65 Å². The van der Waals surface area contributed by atoms with Crippen molar-refractivity contribution in [3.05, 3.63) is 9.39 Å². The molecule has 0 unspecified atom stereocenters. The molecule has 0 spiro atoms. The Morgan fingerprint density at radius 1 is 1.42 bits per heavy atom. The number of H-pyrrole nitrogens is 1. The molecule has 6 heteroatoms. The predicted molar refractivity (Wildman–Crippen MR) is 53.6 cm³/mol. The average molecular weight is 275 g/mol. The molecule has 0 aliphatic carbocycles. The number of aromatic nitrogens is 4. The molecule has 0 bridgehead atoms. The molecule has 3 N–H and O–H groups in total. The molecule has 0 atom stereocenters. The van der Waals surface area contributed by atoms with Crippen LogP contribution in [0.4, 0.5) is 5.95 Å². The Bertz CT molecular complexity index is 435. The van der Waals surface area contributed by atoms with Crippen LogP contribution in [0, 0.1) is 10.6 Å². The van der Waals surface area contributed by atoms with Gasteiger partial charge in [-0.1, -0.05) is 0 Å². The minimum atomic E-state index is 0.278. The largest absolute Gasteiger partial charge is 0.368 e. The van der Waals surface area contributed by atoms with Crippen molar-refractivity contribution in [2.24, 2.45) is 0 Å². The molecule has 2 rings (SSSR count). The molecule has 5 nitrogen and oxygen atoms in total. The first kappa shape index (κ1) is 7.71. The maximum atomic E-state index is 5.46. The van der Waals surface area contributed by atoms with Gasteiger partial charge < -0.3 is 5.73 Å². The van der Waals surface area contributed by atoms with Crippen LogP contribution < -0.4 is 5.73 Å². The summed E-state index contributed by atoms with van der Waals surface area (Å²) in [5.41, 5.74) is 7.02. The summed E-state index contributed by atoms with van der Waals surface area (Å²) in [6, 6.07) is 0. The Balaban J connectivity index is 2.93. The van der Waals surface area contributed by atoms with Crippen LogP contribution in [0.25, 0.3) is 11.0 Å². The number of rotatable bonds is 0. The van der Waals surface area contributed by atoms with E-state index in [1.54, 1.807) is 0 Å². The minimum absolute atomic E-state index is 0.278. The highest BCUT2D eigenvalue weighted by Gasteiger charge is 2.08. The lowest BCUT2D eigenvalue weighted by Crippen LogP contribution is -1.96. The van der Waals surface area contributed by atoms with Gasteiger partial charge in [0, 0.05) is 0 Å². The van der Waals surface area contributed by atoms with E-state index in [1.807, 2.05) is 6.92 Å². The van der Waals surface area contributed by atoms with E-state index < -0.39 is 0 Å². The van der Waals surface area contributed by atoms with Crippen LogP contribution in [0.5, 0.6) is 0 Å². The van der Waals surface area contributed by atoms with E-state index in [9.17, 15) is 0 Å². The van der Waals surface area contributed by atoms with Gasteiger partial charge in [0.15, 0.2) is 5.65 Å². The number of aryl methyl sites for hydroxylation is 1.